The third kappa shape index (κ3) is 5.67. The van der Waals surface area contributed by atoms with Gasteiger partial charge in [0.05, 0.1) is 5.02 Å². The molecule has 118 valence electrons. The predicted molar refractivity (Wildman–Crippen MR) is 87.3 cm³/mol. The highest BCUT2D eigenvalue weighted by molar-refractivity contribution is 6.35. The Labute approximate surface area is 136 Å². The smallest absolute Gasteiger partial charge is 0.138 e. The van der Waals surface area contributed by atoms with Crippen LogP contribution in [0, 0.1) is 11.8 Å². The van der Waals surface area contributed by atoms with E-state index >= 15 is 0 Å². The van der Waals surface area contributed by atoms with Gasteiger partial charge in [0.25, 0.3) is 0 Å². The Kier molecular flexibility index (Phi) is 6.62. The Hall–Kier alpha value is -0.480. The second-order valence-electron chi connectivity index (χ2n) is 5.98. The number of rotatable bonds is 7. The minimum Gasteiger partial charge on any atom is -0.489 e. The van der Waals surface area contributed by atoms with Crippen molar-refractivity contribution in [2.45, 2.75) is 32.3 Å². The molecule has 3 unspecified atom stereocenters. The van der Waals surface area contributed by atoms with E-state index in [2.05, 4.69) is 12.2 Å². The fourth-order valence-corrected chi connectivity index (χ4v) is 3.26. The number of benzene rings is 1. The third-order valence-corrected chi connectivity index (χ3v) is 4.47. The zero-order valence-electron chi connectivity index (χ0n) is 12.3. The van der Waals surface area contributed by atoms with Crippen molar-refractivity contribution in [2.75, 3.05) is 19.7 Å². The average molecular weight is 332 g/mol. The van der Waals surface area contributed by atoms with Crippen LogP contribution in [-0.2, 0) is 0 Å². The van der Waals surface area contributed by atoms with E-state index in [1.165, 1.54) is 19.3 Å². The van der Waals surface area contributed by atoms with Gasteiger partial charge in [0.15, 0.2) is 0 Å². The SMILES string of the molecule is CC1CCC(CNCC(O)COc2ccc(Cl)cc2Cl)C1. The van der Waals surface area contributed by atoms with Crippen LogP contribution < -0.4 is 10.1 Å². The number of hydrogen-bond donors (Lipinski definition) is 2. The van der Waals surface area contributed by atoms with Gasteiger partial charge in [-0.3, -0.25) is 0 Å². The van der Waals surface area contributed by atoms with Gasteiger partial charge in [0.1, 0.15) is 18.5 Å². The first-order chi connectivity index (χ1) is 10.0. The zero-order chi connectivity index (χ0) is 15.2. The fourth-order valence-electron chi connectivity index (χ4n) is 2.80. The van der Waals surface area contributed by atoms with Gasteiger partial charge < -0.3 is 15.2 Å². The van der Waals surface area contributed by atoms with E-state index < -0.39 is 6.10 Å². The van der Waals surface area contributed by atoms with Crippen LogP contribution in [0.15, 0.2) is 18.2 Å². The summed E-state index contributed by atoms with van der Waals surface area (Å²) in [4.78, 5) is 0. The maximum atomic E-state index is 9.93. The van der Waals surface area contributed by atoms with Crippen molar-refractivity contribution in [3.63, 3.8) is 0 Å². The standard InChI is InChI=1S/C16H23Cl2NO2/c1-11-2-3-12(6-11)8-19-9-14(20)10-21-16-5-4-13(17)7-15(16)18/h4-5,7,11-12,14,19-20H,2-3,6,8-10H2,1H3. The van der Waals surface area contributed by atoms with Crippen LogP contribution in [-0.4, -0.2) is 30.9 Å². The van der Waals surface area contributed by atoms with Crippen LogP contribution in [0.5, 0.6) is 5.75 Å². The maximum absolute atomic E-state index is 9.93. The first kappa shape index (κ1) is 16.9. The van der Waals surface area contributed by atoms with Crippen molar-refractivity contribution in [1.82, 2.24) is 5.32 Å². The molecule has 1 saturated carbocycles. The molecule has 2 rings (SSSR count). The summed E-state index contributed by atoms with van der Waals surface area (Å²) in [6.07, 6.45) is 3.37. The van der Waals surface area contributed by atoms with E-state index in [4.69, 9.17) is 27.9 Å². The minimum atomic E-state index is -0.546. The molecule has 0 aromatic heterocycles. The number of aliphatic hydroxyl groups excluding tert-OH is 1. The topological polar surface area (TPSA) is 41.5 Å². The van der Waals surface area contributed by atoms with Gasteiger partial charge >= 0.3 is 0 Å². The molecule has 5 heteroatoms. The molecule has 1 fully saturated rings. The lowest BCUT2D eigenvalue weighted by Gasteiger charge is -2.16. The summed E-state index contributed by atoms with van der Waals surface area (Å²) in [7, 11) is 0. The van der Waals surface area contributed by atoms with Crippen molar-refractivity contribution in [2.24, 2.45) is 11.8 Å². The molecule has 2 N–H and O–H groups in total. The van der Waals surface area contributed by atoms with Crippen LogP contribution in [0.25, 0.3) is 0 Å². The highest BCUT2D eigenvalue weighted by Crippen LogP contribution is 2.29. The number of nitrogens with one attached hydrogen (secondary N) is 1. The summed E-state index contributed by atoms with van der Waals surface area (Å²) in [5.74, 6) is 2.14. The van der Waals surface area contributed by atoms with Gasteiger partial charge in [-0.2, -0.15) is 0 Å². The highest BCUT2D eigenvalue weighted by atomic mass is 35.5. The number of hydrogen-bond acceptors (Lipinski definition) is 3. The Bertz CT molecular complexity index is 456. The molecule has 3 nitrogen and oxygen atoms in total. The lowest BCUT2D eigenvalue weighted by Crippen LogP contribution is -2.33. The van der Waals surface area contributed by atoms with E-state index in [1.807, 2.05) is 0 Å². The minimum absolute atomic E-state index is 0.218. The van der Waals surface area contributed by atoms with Crippen LogP contribution in [0.3, 0.4) is 0 Å². The zero-order valence-corrected chi connectivity index (χ0v) is 13.8. The molecule has 1 aliphatic carbocycles. The molecule has 1 aromatic rings. The van der Waals surface area contributed by atoms with Crippen molar-refractivity contribution >= 4 is 23.2 Å². The van der Waals surface area contributed by atoms with Gasteiger partial charge in [0.2, 0.25) is 0 Å². The first-order valence-corrected chi connectivity index (χ1v) is 8.27. The van der Waals surface area contributed by atoms with Gasteiger partial charge in [0, 0.05) is 11.6 Å². The molecule has 0 saturated heterocycles. The summed E-state index contributed by atoms with van der Waals surface area (Å²) >= 11 is 11.8. The van der Waals surface area contributed by atoms with Crippen molar-refractivity contribution < 1.29 is 9.84 Å². The average Bonchev–Trinajstić information content (AvgIpc) is 2.83. The van der Waals surface area contributed by atoms with Crippen molar-refractivity contribution in [3.8, 4) is 5.75 Å². The van der Waals surface area contributed by atoms with Gasteiger partial charge in [-0.1, -0.05) is 36.5 Å². The maximum Gasteiger partial charge on any atom is 0.138 e. The molecule has 0 radical (unpaired) electrons. The van der Waals surface area contributed by atoms with E-state index in [1.54, 1.807) is 18.2 Å². The Balaban J connectivity index is 1.64. The molecule has 0 aliphatic heterocycles. The molecular formula is C16H23Cl2NO2. The molecule has 1 aliphatic rings. The van der Waals surface area contributed by atoms with E-state index in [0.29, 0.717) is 22.3 Å². The number of ether oxygens (including phenoxy) is 1. The lowest BCUT2D eigenvalue weighted by atomic mass is 10.1. The van der Waals surface area contributed by atoms with Crippen molar-refractivity contribution in [1.29, 1.82) is 0 Å². The molecule has 3 atom stereocenters. The van der Waals surface area contributed by atoms with Gasteiger partial charge in [-0.15, -0.1) is 0 Å². The number of aliphatic hydroxyl groups is 1. The largest absolute Gasteiger partial charge is 0.489 e. The van der Waals surface area contributed by atoms with Crippen LogP contribution in [0.1, 0.15) is 26.2 Å². The molecule has 0 amide bonds. The van der Waals surface area contributed by atoms with Gasteiger partial charge in [-0.05, 0) is 49.4 Å². The number of halogens is 2. The highest BCUT2D eigenvalue weighted by Gasteiger charge is 2.20. The Morgan fingerprint density at radius 1 is 1.38 bits per heavy atom. The van der Waals surface area contributed by atoms with E-state index in [-0.39, 0.29) is 6.61 Å². The van der Waals surface area contributed by atoms with Crippen LogP contribution in [0.2, 0.25) is 10.0 Å². The summed E-state index contributed by atoms with van der Waals surface area (Å²) in [6, 6.07) is 5.06. The van der Waals surface area contributed by atoms with Crippen LogP contribution in [0.4, 0.5) is 0 Å². The van der Waals surface area contributed by atoms with Crippen molar-refractivity contribution in [3.05, 3.63) is 28.2 Å². The molecule has 1 aromatic carbocycles. The second kappa shape index (κ2) is 8.23. The molecule has 0 spiro atoms. The molecule has 0 heterocycles. The summed E-state index contributed by atoms with van der Waals surface area (Å²) in [5, 5.41) is 14.3. The normalized spacial score (nSPS) is 23.2. The molecular weight excluding hydrogens is 309 g/mol. The first-order valence-electron chi connectivity index (χ1n) is 7.51. The van der Waals surface area contributed by atoms with Crippen LogP contribution >= 0.6 is 23.2 Å². The quantitative estimate of drug-likeness (QED) is 0.799. The second-order valence-corrected chi connectivity index (χ2v) is 6.83. The summed E-state index contributed by atoms with van der Waals surface area (Å²) in [5.41, 5.74) is 0. The lowest BCUT2D eigenvalue weighted by molar-refractivity contribution is 0.105. The fraction of sp³-hybridized carbons (Fsp3) is 0.625. The Morgan fingerprint density at radius 3 is 2.86 bits per heavy atom. The third-order valence-electron chi connectivity index (χ3n) is 3.94. The summed E-state index contributed by atoms with van der Waals surface area (Å²) in [6.45, 7) is 4.03. The summed E-state index contributed by atoms with van der Waals surface area (Å²) < 4.78 is 5.51. The predicted octanol–water partition coefficient (Wildman–Crippen LogP) is 3.76. The van der Waals surface area contributed by atoms with Gasteiger partial charge in [-0.25, -0.2) is 0 Å². The Morgan fingerprint density at radius 2 is 2.19 bits per heavy atom. The molecule has 21 heavy (non-hydrogen) atoms. The van der Waals surface area contributed by atoms with E-state index in [0.717, 1.165) is 18.4 Å². The molecule has 0 bridgehead atoms. The monoisotopic (exact) mass is 331 g/mol. The van der Waals surface area contributed by atoms with E-state index in [9.17, 15) is 5.11 Å².